The van der Waals surface area contributed by atoms with Crippen LogP contribution in [0.15, 0.2) is 42.5 Å². The lowest BCUT2D eigenvalue weighted by Gasteiger charge is -2.17. The van der Waals surface area contributed by atoms with E-state index in [1.165, 1.54) is 11.1 Å². The third-order valence-corrected chi connectivity index (χ3v) is 3.54. The number of benzene rings is 2. The van der Waals surface area contributed by atoms with Crippen LogP contribution in [0.1, 0.15) is 18.1 Å². The summed E-state index contributed by atoms with van der Waals surface area (Å²) in [6, 6.07) is 14.5. The largest absolute Gasteiger partial charge is 0.497 e. The monoisotopic (exact) mass is 289 g/mol. The van der Waals surface area contributed by atoms with Gasteiger partial charge in [-0.1, -0.05) is 29.8 Å². The number of halogens is 1. The van der Waals surface area contributed by atoms with Crippen molar-refractivity contribution in [3.8, 4) is 5.75 Å². The van der Waals surface area contributed by atoms with Crippen molar-refractivity contribution in [2.45, 2.75) is 26.3 Å². The third-order valence-electron chi connectivity index (χ3n) is 3.23. The number of methoxy groups -OCH3 is 1. The van der Waals surface area contributed by atoms with Crippen molar-refractivity contribution < 1.29 is 4.74 Å². The van der Waals surface area contributed by atoms with Crippen LogP contribution >= 0.6 is 11.6 Å². The molecule has 2 aromatic rings. The van der Waals surface area contributed by atoms with Crippen molar-refractivity contribution in [1.29, 1.82) is 0 Å². The molecule has 0 amide bonds. The second-order valence-electron chi connectivity index (χ2n) is 5.08. The zero-order chi connectivity index (χ0) is 14.5. The summed E-state index contributed by atoms with van der Waals surface area (Å²) in [7, 11) is 1.68. The highest BCUT2D eigenvalue weighted by atomic mass is 35.5. The van der Waals surface area contributed by atoms with Crippen LogP contribution in [0.25, 0.3) is 0 Å². The molecule has 0 radical (unpaired) electrons. The number of anilines is 1. The second-order valence-corrected chi connectivity index (χ2v) is 5.49. The molecule has 0 saturated heterocycles. The van der Waals surface area contributed by atoms with Crippen LogP contribution < -0.4 is 10.1 Å². The van der Waals surface area contributed by atoms with E-state index in [4.69, 9.17) is 16.3 Å². The highest BCUT2D eigenvalue weighted by Crippen LogP contribution is 2.24. The van der Waals surface area contributed by atoms with Crippen molar-refractivity contribution in [3.05, 3.63) is 58.6 Å². The van der Waals surface area contributed by atoms with Gasteiger partial charge in [0.05, 0.1) is 17.8 Å². The third kappa shape index (κ3) is 3.91. The van der Waals surface area contributed by atoms with E-state index in [0.29, 0.717) is 6.04 Å². The van der Waals surface area contributed by atoms with Crippen molar-refractivity contribution in [1.82, 2.24) is 0 Å². The summed E-state index contributed by atoms with van der Waals surface area (Å²) in [5.41, 5.74) is 3.43. The van der Waals surface area contributed by atoms with Crippen LogP contribution in [0.4, 0.5) is 5.69 Å². The predicted octanol–water partition coefficient (Wildman–Crippen LogP) is 4.70. The van der Waals surface area contributed by atoms with E-state index < -0.39 is 0 Å². The molecule has 0 aromatic heterocycles. The van der Waals surface area contributed by atoms with Crippen LogP contribution in [0.5, 0.6) is 5.75 Å². The fourth-order valence-electron chi connectivity index (χ4n) is 2.17. The van der Waals surface area contributed by atoms with Crippen molar-refractivity contribution in [3.63, 3.8) is 0 Å². The Morgan fingerprint density at radius 3 is 2.45 bits per heavy atom. The molecule has 106 valence electrons. The van der Waals surface area contributed by atoms with E-state index >= 15 is 0 Å². The Hall–Kier alpha value is -1.67. The molecule has 0 aliphatic rings. The first kappa shape index (κ1) is 14.7. The van der Waals surface area contributed by atoms with Crippen molar-refractivity contribution in [2.75, 3.05) is 12.4 Å². The minimum absolute atomic E-state index is 0.309. The number of nitrogens with one attached hydrogen (secondary N) is 1. The molecule has 1 unspecified atom stereocenters. The molecule has 1 N–H and O–H groups in total. The fourth-order valence-corrected chi connectivity index (χ4v) is 2.46. The average molecular weight is 290 g/mol. The lowest BCUT2D eigenvalue weighted by atomic mass is 10.1. The second kappa shape index (κ2) is 6.67. The summed E-state index contributed by atoms with van der Waals surface area (Å²) in [4.78, 5) is 0. The summed E-state index contributed by atoms with van der Waals surface area (Å²) < 4.78 is 5.16. The zero-order valence-electron chi connectivity index (χ0n) is 12.1. The number of rotatable bonds is 5. The number of aryl methyl sites for hydroxylation is 1. The topological polar surface area (TPSA) is 21.3 Å². The Balaban J connectivity index is 1.99. The van der Waals surface area contributed by atoms with Gasteiger partial charge in [0, 0.05) is 6.04 Å². The van der Waals surface area contributed by atoms with E-state index in [0.717, 1.165) is 22.9 Å². The molecule has 0 aliphatic heterocycles. The van der Waals surface area contributed by atoms with Crippen LogP contribution in [0, 0.1) is 6.92 Å². The average Bonchev–Trinajstić information content (AvgIpc) is 2.43. The highest BCUT2D eigenvalue weighted by Gasteiger charge is 2.06. The zero-order valence-corrected chi connectivity index (χ0v) is 12.9. The number of hydrogen-bond donors (Lipinski definition) is 1. The molecule has 0 fully saturated rings. The SMILES string of the molecule is COc1ccc(CC(C)Nc2ccc(C)cc2Cl)cc1. The molecule has 1 atom stereocenters. The molecule has 0 bridgehead atoms. The van der Waals surface area contributed by atoms with Crippen LogP contribution in [-0.4, -0.2) is 13.2 Å². The first-order valence-corrected chi connectivity index (χ1v) is 7.12. The van der Waals surface area contributed by atoms with Crippen LogP contribution in [-0.2, 0) is 6.42 Å². The van der Waals surface area contributed by atoms with Crippen LogP contribution in [0.2, 0.25) is 5.02 Å². The molecule has 0 spiro atoms. The maximum atomic E-state index is 6.24. The van der Waals surface area contributed by atoms with Gasteiger partial charge in [-0.25, -0.2) is 0 Å². The lowest BCUT2D eigenvalue weighted by Crippen LogP contribution is -2.18. The summed E-state index contributed by atoms with van der Waals surface area (Å²) in [5.74, 6) is 0.885. The van der Waals surface area contributed by atoms with Gasteiger partial charge in [0.1, 0.15) is 5.75 Å². The molecule has 0 heterocycles. The maximum absolute atomic E-state index is 6.24. The van der Waals surface area contributed by atoms with E-state index in [1.807, 2.05) is 31.2 Å². The minimum atomic E-state index is 0.309. The molecule has 3 heteroatoms. The van der Waals surface area contributed by atoms with E-state index in [1.54, 1.807) is 7.11 Å². The Kier molecular flexibility index (Phi) is 4.91. The molecule has 0 saturated carbocycles. The van der Waals surface area contributed by atoms with Crippen molar-refractivity contribution in [2.24, 2.45) is 0 Å². The standard InChI is InChI=1S/C17H20ClNO/c1-12-4-9-17(16(18)10-12)19-13(2)11-14-5-7-15(20-3)8-6-14/h4-10,13,19H,11H2,1-3H3. The van der Waals surface area contributed by atoms with Gasteiger partial charge in [-0.05, 0) is 55.7 Å². The number of hydrogen-bond acceptors (Lipinski definition) is 2. The van der Waals surface area contributed by atoms with Gasteiger partial charge in [0.25, 0.3) is 0 Å². The minimum Gasteiger partial charge on any atom is -0.497 e. The molecule has 0 aliphatic carbocycles. The summed E-state index contributed by atoms with van der Waals surface area (Å²) in [5, 5.41) is 4.22. The highest BCUT2D eigenvalue weighted by molar-refractivity contribution is 6.33. The van der Waals surface area contributed by atoms with Gasteiger partial charge in [-0.15, -0.1) is 0 Å². The van der Waals surface area contributed by atoms with Crippen LogP contribution in [0.3, 0.4) is 0 Å². The van der Waals surface area contributed by atoms with Crippen molar-refractivity contribution >= 4 is 17.3 Å². The first-order valence-electron chi connectivity index (χ1n) is 6.74. The smallest absolute Gasteiger partial charge is 0.118 e. The van der Waals surface area contributed by atoms with Gasteiger partial charge < -0.3 is 10.1 Å². The summed E-state index contributed by atoms with van der Waals surface area (Å²) >= 11 is 6.24. The van der Waals surface area contributed by atoms with Gasteiger partial charge in [0.15, 0.2) is 0 Å². The van der Waals surface area contributed by atoms with Gasteiger partial charge >= 0.3 is 0 Å². The Labute approximate surface area is 125 Å². The van der Waals surface area contributed by atoms with E-state index in [9.17, 15) is 0 Å². The molecule has 2 rings (SSSR count). The Bertz CT molecular complexity index is 566. The molecular formula is C17H20ClNO. The molecule has 2 nitrogen and oxygen atoms in total. The van der Waals surface area contributed by atoms with Gasteiger partial charge in [-0.3, -0.25) is 0 Å². The summed E-state index contributed by atoms with van der Waals surface area (Å²) in [6.07, 6.45) is 0.939. The Morgan fingerprint density at radius 1 is 1.15 bits per heavy atom. The predicted molar refractivity (Wildman–Crippen MR) is 86.0 cm³/mol. The number of ether oxygens (including phenoxy) is 1. The lowest BCUT2D eigenvalue weighted by molar-refractivity contribution is 0.414. The van der Waals surface area contributed by atoms with E-state index in [2.05, 4.69) is 30.4 Å². The molecule has 2 aromatic carbocycles. The quantitative estimate of drug-likeness (QED) is 0.861. The Morgan fingerprint density at radius 2 is 1.85 bits per heavy atom. The van der Waals surface area contributed by atoms with Gasteiger partial charge in [-0.2, -0.15) is 0 Å². The maximum Gasteiger partial charge on any atom is 0.118 e. The first-order chi connectivity index (χ1) is 9.58. The summed E-state index contributed by atoms with van der Waals surface area (Å²) in [6.45, 7) is 4.19. The molecular weight excluding hydrogens is 270 g/mol. The fraction of sp³-hybridized carbons (Fsp3) is 0.294. The van der Waals surface area contributed by atoms with E-state index in [-0.39, 0.29) is 0 Å². The van der Waals surface area contributed by atoms with Gasteiger partial charge in [0.2, 0.25) is 0 Å². The molecule has 20 heavy (non-hydrogen) atoms. The normalized spacial score (nSPS) is 12.0.